The zero-order valence-electron chi connectivity index (χ0n) is 20.1. The Morgan fingerprint density at radius 2 is 1.85 bits per heavy atom. The number of carbonyl (C=O) groups excluding carboxylic acids is 3. The molecule has 180 valence electrons. The van der Waals surface area contributed by atoms with Crippen molar-refractivity contribution in [3.63, 3.8) is 0 Å². The van der Waals surface area contributed by atoms with Crippen LogP contribution in [0.4, 0.5) is 0 Å². The minimum Gasteiger partial charge on any atom is -0.507 e. The van der Waals surface area contributed by atoms with Crippen LogP contribution in [0.15, 0.2) is 48.0 Å². The molecular weight excluding hydrogens is 434 g/mol. The van der Waals surface area contributed by atoms with Gasteiger partial charge in [-0.1, -0.05) is 32.4 Å². The standard InChI is InChI=1S/C27H31NO6/c1-5-7-13-28-24(19-9-8-10-21(16-19)34-18(4)29)23(26(31)27(28)32)25(30)20-11-12-22(17(3)15-20)33-14-6-2/h8-12,15-16,24,30H,5-7,13-14H2,1-4H3/b25-23+. The normalized spacial score (nSPS) is 17.2. The molecule has 1 unspecified atom stereocenters. The molecular formula is C27H31NO6. The van der Waals surface area contributed by atoms with Gasteiger partial charge in [-0.2, -0.15) is 0 Å². The number of aryl methyl sites for hydroxylation is 1. The van der Waals surface area contributed by atoms with Crippen molar-refractivity contribution in [1.29, 1.82) is 0 Å². The van der Waals surface area contributed by atoms with Crippen LogP contribution in [0.5, 0.6) is 11.5 Å². The van der Waals surface area contributed by atoms with Crippen LogP contribution in [0.2, 0.25) is 0 Å². The second-order valence-corrected chi connectivity index (χ2v) is 8.34. The highest BCUT2D eigenvalue weighted by Gasteiger charge is 2.45. The van der Waals surface area contributed by atoms with Gasteiger partial charge in [0.25, 0.3) is 11.7 Å². The van der Waals surface area contributed by atoms with Crippen molar-refractivity contribution in [2.45, 2.75) is 53.0 Å². The summed E-state index contributed by atoms with van der Waals surface area (Å²) in [5, 5.41) is 11.2. The molecule has 1 atom stereocenters. The summed E-state index contributed by atoms with van der Waals surface area (Å²) in [6, 6.07) is 11.1. The molecule has 1 N–H and O–H groups in total. The number of benzene rings is 2. The molecule has 0 saturated carbocycles. The quantitative estimate of drug-likeness (QED) is 0.186. The van der Waals surface area contributed by atoms with E-state index in [2.05, 4.69) is 0 Å². The van der Waals surface area contributed by atoms with Crippen LogP contribution in [0.25, 0.3) is 5.76 Å². The van der Waals surface area contributed by atoms with Crippen LogP contribution in [0, 0.1) is 6.92 Å². The van der Waals surface area contributed by atoms with Gasteiger partial charge in [0.1, 0.15) is 17.3 Å². The minimum absolute atomic E-state index is 0.0164. The zero-order valence-corrected chi connectivity index (χ0v) is 20.1. The molecule has 1 aliphatic rings. The van der Waals surface area contributed by atoms with Gasteiger partial charge in [-0.05, 0) is 61.2 Å². The first-order chi connectivity index (χ1) is 16.3. The number of Topliss-reactive ketones (excluding diaryl/α,β-unsaturated/α-hetero) is 1. The molecule has 1 saturated heterocycles. The van der Waals surface area contributed by atoms with Crippen LogP contribution in [-0.4, -0.2) is 40.8 Å². The fourth-order valence-corrected chi connectivity index (χ4v) is 4.03. The van der Waals surface area contributed by atoms with E-state index >= 15 is 0 Å². The molecule has 0 aliphatic carbocycles. The van der Waals surface area contributed by atoms with Gasteiger partial charge in [0.05, 0.1) is 18.2 Å². The molecule has 0 bridgehead atoms. The van der Waals surface area contributed by atoms with Crippen molar-refractivity contribution in [3.05, 3.63) is 64.7 Å². The average Bonchev–Trinajstić information content (AvgIpc) is 3.06. The summed E-state index contributed by atoms with van der Waals surface area (Å²) in [5.41, 5.74) is 1.83. The Labute approximate surface area is 200 Å². The maximum absolute atomic E-state index is 13.1. The lowest BCUT2D eigenvalue weighted by molar-refractivity contribution is -0.139. The largest absolute Gasteiger partial charge is 0.507 e. The Kier molecular flexibility index (Phi) is 8.10. The summed E-state index contributed by atoms with van der Waals surface area (Å²) in [5.74, 6) is -1.10. The number of ketones is 1. The molecule has 0 spiro atoms. The third-order valence-electron chi connectivity index (χ3n) is 5.64. The first kappa shape index (κ1) is 25.0. The predicted octanol–water partition coefficient (Wildman–Crippen LogP) is 4.93. The number of hydrogen-bond acceptors (Lipinski definition) is 6. The Morgan fingerprint density at radius 1 is 1.09 bits per heavy atom. The summed E-state index contributed by atoms with van der Waals surface area (Å²) in [7, 11) is 0. The van der Waals surface area contributed by atoms with Gasteiger partial charge in [-0.15, -0.1) is 0 Å². The summed E-state index contributed by atoms with van der Waals surface area (Å²) >= 11 is 0. The fraction of sp³-hybridized carbons (Fsp3) is 0.370. The molecule has 0 aromatic heterocycles. The first-order valence-corrected chi connectivity index (χ1v) is 11.6. The number of rotatable bonds is 9. The van der Waals surface area contributed by atoms with E-state index in [9.17, 15) is 19.5 Å². The van der Waals surface area contributed by atoms with Crippen LogP contribution in [0.3, 0.4) is 0 Å². The highest BCUT2D eigenvalue weighted by Crippen LogP contribution is 2.40. The minimum atomic E-state index is -0.793. The molecule has 7 nitrogen and oxygen atoms in total. The van der Waals surface area contributed by atoms with Crippen LogP contribution in [0.1, 0.15) is 62.8 Å². The second-order valence-electron chi connectivity index (χ2n) is 8.34. The van der Waals surface area contributed by atoms with Gasteiger partial charge in [0, 0.05) is 19.0 Å². The third-order valence-corrected chi connectivity index (χ3v) is 5.64. The number of aliphatic hydroxyl groups excluding tert-OH is 1. The lowest BCUT2D eigenvalue weighted by Crippen LogP contribution is -2.30. The molecule has 1 heterocycles. The first-order valence-electron chi connectivity index (χ1n) is 11.6. The van der Waals surface area contributed by atoms with Crippen molar-refractivity contribution < 1.29 is 29.0 Å². The Hall–Kier alpha value is -3.61. The van der Waals surface area contributed by atoms with E-state index in [1.807, 2.05) is 20.8 Å². The Balaban J connectivity index is 2.11. The molecule has 2 aromatic rings. The van der Waals surface area contributed by atoms with Crippen LogP contribution >= 0.6 is 0 Å². The number of likely N-dealkylation sites (tertiary alicyclic amines) is 1. The van der Waals surface area contributed by atoms with Gasteiger partial charge >= 0.3 is 5.97 Å². The molecule has 1 aliphatic heterocycles. The lowest BCUT2D eigenvalue weighted by Gasteiger charge is -2.25. The van der Waals surface area contributed by atoms with E-state index < -0.39 is 23.7 Å². The molecule has 34 heavy (non-hydrogen) atoms. The molecule has 1 fully saturated rings. The van der Waals surface area contributed by atoms with Gasteiger partial charge in [-0.25, -0.2) is 0 Å². The van der Waals surface area contributed by atoms with Crippen molar-refractivity contribution >= 4 is 23.4 Å². The van der Waals surface area contributed by atoms with Crippen molar-refractivity contribution in [2.75, 3.05) is 13.2 Å². The molecule has 7 heteroatoms. The van der Waals surface area contributed by atoms with E-state index in [0.29, 0.717) is 42.2 Å². The Morgan fingerprint density at radius 3 is 2.50 bits per heavy atom. The fourth-order valence-electron chi connectivity index (χ4n) is 4.03. The molecule has 3 rings (SSSR count). The predicted molar refractivity (Wildman–Crippen MR) is 129 cm³/mol. The third kappa shape index (κ3) is 5.30. The number of carbonyl (C=O) groups is 3. The van der Waals surface area contributed by atoms with Gasteiger partial charge < -0.3 is 19.5 Å². The molecule has 0 radical (unpaired) electrons. The number of nitrogens with zero attached hydrogens (tertiary/aromatic N) is 1. The number of amides is 1. The topological polar surface area (TPSA) is 93.1 Å². The molecule has 2 aromatic carbocycles. The number of unbranched alkanes of at least 4 members (excludes halogenated alkanes) is 1. The zero-order chi connectivity index (χ0) is 24.8. The smallest absolute Gasteiger partial charge is 0.308 e. The summed E-state index contributed by atoms with van der Waals surface area (Å²) in [6.07, 6.45) is 2.41. The maximum atomic E-state index is 13.1. The number of esters is 1. The molecule has 1 amide bonds. The van der Waals surface area contributed by atoms with E-state index in [4.69, 9.17) is 9.47 Å². The SMILES string of the molecule is CCCCN1C(=O)C(=O)/C(=C(/O)c2ccc(OCCC)c(C)c2)C1c1cccc(OC(C)=O)c1. The van der Waals surface area contributed by atoms with Crippen LogP contribution in [-0.2, 0) is 14.4 Å². The van der Waals surface area contributed by atoms with Crippen molar-refractivity contribution in [1.82, 2.24) is 4.90 Å². The van der Waals surface area contributed by atoms with Gasteiger partial charge in [0.2, 0.25) is 0 Å². The van der Waals surface area contributed by atoms with E-state index in [1.165, 1.54) is 11.8 Å². The van der Waals surface area contributed by atoms with E-state index in [1.54, 1.807) is 42.5 Å². The van der Waals surface area contributed by atoms with Crippen molar-refractivity contribution in [2.24, 2.45) is 0 Å². The number of hydrogen-bond donors (Lipinski definition) is 1. The Bertz CT molecular complexity index is 1120. The number of aliphatic hydroxyl groups is 1. The van der Waals surface area contributed by atoms with Gasteiger partial charge in [-0.3, -0.25) is 14.4 Å². The number of ether oxygens (including phenoxy) is 2. The second kappa shape index (κ2) is 11.0. The highest BCUT2D eigenvalue weighted by molar-refractivity contribution is 6.46. The summed E-state index contributed by atoms with van der Waals surface area (Å²) < 4.78 is 10.9. The van der Waals surface area contributed by atoms with E-state index in [0.717, 1.165) is 18.4 Å². The lowest BCUT2D eigenvalue weighted by atomic mass is 9.94. The average molecular weight is 466 g/mol. The van der Waals surface area contributed by atoms with Gasteiger partial charge in [0.15, 0.2) is 0 Å². The van der Waals surface area contributed by atoms with E-state index in [-0.39, 0.29) is 11.3 Å². The summed E-state index contributed by atoms with van der Waals surface area (Å²) in [4.78, 5) is 39.0. The van der Waals surface area contributed by atoms with Crippen molar-refractivity contribution in [3.8, 4) is 11.5 Å². The van der Waals surface area contributed by atoms with Crippen LogP contribution < -0.4 is 9.47 Å². The summed E-state index contributed by atoms with van der Waals surface area (Å²) in [6.45, 7) is 8.12. The highest BCUT2D eigenvalue weighted by atomic mass is 16.5. The maximum Gasteiger partial charge on any atom is 0.308 e. The monoisotopic (exact) mass is 465 g/mol.